The van der Waals surface area contributed by atoms with Gasteiger partial charge in [0, 0.05) is 9.13 Å². The topological polar surface area (TPSA) is 57.1 Å². The van der Waals surface area contributed by atoms with Gasteiger partial charge in [0.1, 0.15) is 6.61 Å². The van der Waals surface area contributed by atoms with Gasteiger partial charge in [-0.15, -0.1) is 0 Å². The summed E-state index contributed by atoms with van der Waals surface area (Å²) in [6.45, 7) is 4.80. The molecular formula is C26H21BrINO4. The van der Waals surface area contributed by atoms with Crippen molar-refractivity contribution >= 4 is 56.5 Å². The first-order valence-corrected chi connectivity index (χ1v) is 12.2. The van der Waals surface area contributed by atoms with Crippen LogP contribution in [0.25, 0.3) is 6.08 Å². The maximum absolute atomic E-state index is 12.4. The number of esters is 1. The van der Waals surface area contributed by atoms with Crippen molar-refractivity contribution < 1.29 is 19.0 Å². The minimum absolute atomic E-state index is 0.229. The van der Waals surface area contributed by atoms with E-state index in [2.05, 4.69) is 43.5 Å². The minimum atomic E-state index is -0.487. The molecule has 7 heteroatoms. The third-order valence-electron chi connectivity index (χ3n) is 4.85. The third-order valence-corrected chi connectivity index (χ3v) is 6.16. The van der Waals surface area contributed by atoms with Gasteiger partial charge < -0.3 is 14.2 Å². The number of hydrogen-bond acceptors (Lipinski definition) is 5. The first-order valence-electron chi connectivity index (χ1n) is 10.4. The Bertz CT molecular complexity index is 1230. The molecular weight excluding hydrogens is 597 g/mol. The monoisotopic (exact) mass is 617 g/mol. The summed E-state index contributed by atoms with van der Waals surface area (Å²) < 4.78 is 19.2. The Balaban J connectivity index is 1.60. The molecule has 0 radical (unpaired) electrons. The van der Waals surface area contributed by atoms with Crippen LogP contribution in [0, 0.1) is 10.5 Å². The summed E-state index contributed by atoms with van der Waals surface area (Å²) in [7, 11) is 0. The molecule has 0 saturated heterocycles. The first-order chi connectivity index (χ1) is 15.9. The van der Waals surface area contributed by atoms with Crippen molar-refractivity contribution in [2.75, 3.05) is 6.61 Å². The number of carbonyl (C=O) groups is 1. The molecule has 1 aliphatic rings. The number of rotatable bonds is 7. The molecule has 0 fully saturated rings. The van der Waals surface area contributed by atoms with Crippen LogP contribution in [0.1, 0.15) is 29.2 Å². The summed E-state index contributed by atoms with van der Waals surface area (Å²) >= 11 is 5.86. The Morgan fingerprint density at radius 2 is 1.79 bits per heavy atom. The lowest BCUT2D eigenvalue weighted by atomic mass is 10.1. The van der Waals surface area contributed by atoms with Gasteiger partial charge in [0.15, 0.2) is 17.2 Å². The summed E-state index contributed by atoms with van der Waals surface area (Å²) in [4.78, 5) is 16.8. The van der Waals surface area contributed by atoms with Crippen molar-refractivity contribution in [2.24, 2.45) is 4.99 Å². The van der Waals surface area contributed by atoms with Gasteiger partial charge in [-0.05, 0) is 106 Å². The number of benzene rings is 3. The SMILES string of the molecule is CCOc1cc(/C=C2\N=C(c3ccc(C)cc3)OC2=O)cc(Br)c1OCc1ccc(I)cc1. The van der Waals surface area contributed by atoms with Gasteiger partial charge in [0.25, 0.3) is 0 Å². The van der Waals surface area contributed by atoms with Gasteiger partial charge in [-0.1, -0.05) is 29.8 Å². The van der Waals surface area contributed by atoms with Crippen LogP contribution in [0.3, 0.4) is 0 Å². The lowest BCUT2D eigenvalue weighted by Crippen LogP contribution is -2.05. The van der Waals surface area contributed by atoms with Crippen molar-refractivity contribution in [2.45, 2.75) is 20.5 Å². The van der Waals surface area contributed by atoms with Crippen LogP contribution in [0.15, 0.2) is 75.8 Å². The van der Waals surface area contributed by atoms with Crippen LogP contribution in [0.5, 0.6) is 11.5 Å². The fraction of sp³-hybridized carbons (Fsp3) is 0.154. The molecule has 168 valence electrons. The highest BCUT2D eigenvalue weighted by Crippen LogP contribution is 2.38. The fourth-order valence-electron chi connectivity index (χ4n) is 3.20. The van der Waals surface area contributed by atoms with Gasteiger partial charge in [-0.25, -0.2) is 9.79 Å². The zero-order chi connectivity index (χ0) is 23.4. The van der Waals surface area contributed by atoms with E-state index in [-0.39, 0.29) is 5.70 Å². The minimum Gasteiger partial charge on any atom is -0.490 e. The molecule has 3 aromatic rings. The van der Waals surface area contributed by atoms with Crippen LogP contribution in [-0.2, 0) is 16.1 Å². The molecule has 0 unspecified atom stereocenters. The van der Waals surface area contributed by atoms with Crippen molar-refractivity contribution in [3.05, 3.63) is 96.7 Å². The number of aryl methyl sites for hydroxylation is 1. The van der Waals surface area contributed by atoms with E-state index >= 15 is 0 Å². The summed E-state index contributed by atoms with van der Waals surface area (Å²) in [5, 5.41) is 0. The molecule has 0 bridgehead atoms. The van der Waals surface area contributed by atoms with Crippen LogP contribution < -0.4 is 9.47 Å². The van der Waals surface area contributed by atoms with Crippen molar-refractivity contribution in [1.29, 1.82) is 0 Å². The highest BCUT2D eigenvalue weighted by Gasteiger charge is 2.24. The highest BCUT2D eigenvalue weighted by atomic mass is 127. The number of ether oxygens (including phenoxy) is 3. The van der Waals surface area contributed by atoms with Gasteiger partial charge in [-0.3, -0.25) is 0 Å². The Morgan fingerprint density at radius 1 is 1.06 bits per heavy atom. The number of carbonyl (C=O) groups excluding carboxylic acids is 1. The predicted molar refractivity (Wildman–Crippen MR) is 141 cm³/mol. The van der Waals surface area contributed by atoms with E-state index in [1.165, 1.54) is 3.57 Å². The maximum atomic E-state index is 12.4. The van der Waals surface area contributed by atoms with Crippen molar-refractivity contribution in [3.8, 4) is 11.5 Å². The quantitative estimate of drug-likeness (QED) is 0.169. The Hall–Kier alpha value is -2.65. The summed E-state index contributed by atoms with van der Waals surface area (Å²) in [6.07, 6.45) is 1.68. The highest BCUT2D eigenvalue weighted by molar-refractivity contribution is 14.1. The molecule has 1 aliphatic heterocycles. The molecule has 0 spiro atoms. The standard InChI is InChI=1S/C26H21BrINO4/c1-3-31-23-14-18(12-21(27)24(23)32-15-17-6-10-20(28)11-7-17)13-22-26(30)33-25(29-22)19-8-4-16(2)5-9-19/h4-14H,3,15H2,1-2H3/b22-13-. The molecule has 0 N–H and O–H groups in total. The summed E-state index contributed by atoms with van der Waals surface area (Å²) in [6, 6.07) is 19.5. The molecule has 0 amide bonds. The fourth-order valence-corrected chi connectivity index (χ4v) is 4.13. The second kappa shape index (κ2) is 10.5. The van der Waals surface area contributed by atoms with E-state index in [4.69, 9.17) is 14.2 Å². The van der Waals surface area contributed by atoms with Crippen LogP contribution in [-0.4, -0.2) is 18.5 Å². The molecule has 33 heavy (non-hydrogen) atoms. The van der Waals surface area contributed by atoms with Gasteiger partial charge >= 0.3 is 5.97 Å². The molecule has 5 nitrogen and oxygen atoms in total. The average Bonchev–Trinajstić information content (AvgIpc) is 3.15. The van der Waals surface area contributed by atoms with Crippen LogP contribution in [0.2, 0.25) is 0 Å². The number of cyclic esters (lactones) is 1. The Morgan fingerprint density at radius 3 is 2.48 bits per heavy atom. The number of nitrogens with zero attached hydrogens (tertiary/aromatic N) is 1. The number of halogens is 2. The molecule has 1 heterocycles. The third kappa shape index (κ3) is 5.83. The normalized spacial score (nSPS) is 14.2. The smallest absolute Gasteiger partial charge is 0.363 e. The Kier molecular flexibility index (Phi) is 7.49. The number of hydrogen-bond donors (Lipinski definition) is 0. The van der Waals surface area contributed by atoms with Gasteiger partial charge in [-0.2, -0.15) is 0 Å². The van der Waals surface area contributed by atoms with E-state index < -0.39 is 5.97 Å². The molecule has 3 aromatic carbocycles. The van der Waals surface area contributed by atoms with Crippen molar-refractivity contribution in [1.82, 2.24) is 0 Å². The van der Waals surface area contributed by atoms with Gasteiger partial charge in [0.05, 0.1) is 11.1 Å². The molecule has 4 rings (SSSR count). The number of aliphatic imine (C=N–C) groups is 1. The molecule has 0 saturated carbocycles. The second-order valence-electron chi connectivity index (χ2n) is 7.38. The Labute approximate surface area is 214 Å². The van der Waals surface area contributed by atoms with E-state index in [0.29, 0.717) is 30.6 Å². The zero-order valence-corrected chi connectivity index (χ0v) is 21.8. The zero-order valence-electron chi connectivity index (χ0n) is 18.1. The first kappa shape index (κ1) is 23.5. The van der Waals surface area contributed by atoms with Gasteiger partial charge in [0.2, 0.25) is 5.90 Å². The van der Waals surface area contributed by atoms with E-state index in [9.17, 15) is 4.79 Å². The van der Waals surface area contributed by atoms with E-state index in [1.54, 1.807) is 6.08 Å². The second-order valence-corrected chi connectivity index (χ2v) is 9.48. The lowest BCUT2D eigenvalue weighted by molar-refractivity contribution is -0.129. The summed E-state index contributed by atoms with van der Waals surface area (Å²) in [5.41, 5.74) is 3.91. The molecule has 0 aromatic heterocycles. The van der Waals surface area contributed by atoms with E-state index in [0.717, 1.165) is 26.7 Å². The average molecular weight is 618 g/mol. The largest absolute Gasteiger partial charge is 0.490 e. The van der Waals surface area contributed by atoms with Crippen LogP contribution in [0.4, 0.5) is 0 Å². The lowest BCUT2D eigenvalue weighted by Gasteiger charge is -2.15. The van der Waals surface area contributed by atoms with Crippen molar-refractivity contribution in [3.63, 3.8) is 0 Å². The molecule has 0 atom stereocenters. The summed E-state index contributed by atoms with van der Waals surface area (Å²) in [5.74, 6) is 1.00. The molecule has 0 aliphatic carbocycles. The van der Waals surface area contributed by atoms with E-state index in [1.807, 2.05) is 74.5 Å². The van der Waals surface area contributed by atoms with Crippen LogP contribution >= 0.6 is 38.5 Å². The predicted octanol–water partition coefficient (Wildman–Crippen LogP) is 6.68. The maximum Gasteiger partial charge on any atom is 0.363 e.